The van der Waals surface area contributed by atoms with Crippen LogP contribution < -0.4 is 10.6 Å². The summed E-state index contributed by atoms with van der Waals surface area (Å²) < 4.78 is 7.51. The molecule has 0 unspecified atom stereocenters. The molecule has 0 radical (unpaired) electrons. The number of ether oxygens (including phenoxy) is 1. The first-order valence-electron chi connectivity index (χ1n) is 7.38. The second-order valence-electron chi connectivity index (χ2n) is 6.25. The zero-order valence-electron chi connectivity index (χ0n) is 11.6. The lowest BCUT2D eigenvalue weighted by Gasteiger charge is -2.63. The van der Waals surface area contributed by atoms with Gasteiger partial charge < -0.3 is 10.1 Å². The molecule has 2 N–H and O–H groups in total. The van der Waals surface area contributed by atoms with Crippen LogP contribution in [0.3, 0.4) is 0 Å². The highest BCUT2D eigenvalue weighted by Gasteiger charge is 2.66. The van der Waals surface area contributed by atoms with Crippen LogP contribution in [0, 0.1) is 11.3 Å². The zero-order chi connectivity index (χ0) is 13.7. The highest BCUT2D eigenvalue weighted by Crippen LogP contribution is 2.62. The highest BCUT2D eigenvalue weighted by molar-refractivity contribution is 5.88. The summed E-state index contributed by atoms with van der Waals surface area (Å²) in [6.45, 7) is 0.846. The van der Waals surface area contributed by atoms with Gasteiger partial charge in [0.15, 0.2) is 0 Å². The van der Waals surface area contributed by atoms with E-state index in [0.29, 0.717) is 17.8 Å². The van der Waals surface area contributed by atoms with Crippen LogP contribution in [0.25, 0.3) is 0 Å². The summed E-state index contributed by atoms with van der Waals surface area (Å²) >= 11 is 0. The van der Waals surface area contributed by atoms with E-state index in [1.165, 1.54) is 19.3 Å². The fourth-order valence-electron chi connectivity index (χ4n) is 4.25. The number of amides is 2. The maximum absolute atomic E-state index is 12.2. The Kier molecular flexibility index (Phi) is 2.57. The van der Waals surface area contributed by atoms with Gasteiger partial charge in [0.1, 0.15) is 5.82 Å². The van der Waals surface area contributed by atoms with Gasteiger partial charge in [0.05, 0.1) is 12.3 Å². The standard InChI is InChI=1S/C14H20N4O2/c1-18-10(3-7-15-18)16-13(19)17-11-9-4-8-20-12(9)14(11)5-2-6-14/h3,7,9,11-12H,2,4-6,8H2,1H3,(H2,16,17,19)/t9-,11+,12-/m0/s1. The van der Waals surface area contributed by atoms with Gasteiger partial charge in [0.25, 0.3) is 0 Å². The lowest BCUT2D eigenvalue weighted by molar-refractivity contribution is -0.171. The van der Waals surface area contributed by atoms with E-state index in [1.54, 1.807) is 16.9 Å². The van der Waals surface area contributed by atoms with Crippen LogP contribution in [0.15, 0.2) is 12.3 Å². The molecule has 6 nitrogen and oxygen atoms in total. The summed E-state index contributed by atoms with van der Waals surface area (Å²) in [6, 6.07) is 1.94. The maximum Gasteiger partial charge on any atom is 0.320 e. The molecule has 3 aliphatic rings. The molecular formula is C14H20N4O2. The van der Waals surface area contributed by atoms with Crippen molar-refractivity contribution in [2.75, 3.05) is 11.9 Å². The number of anilines is 1. The fourth-order valence-corrected chi connectivity index (χ4v) is 4.25. The summed E-state index contributed by atoms with van der Waals surface area (Å²) in [7, 11) is 1.81. The molecule has 3 atom stereocenters. The number of hydrogen-bond donors (Lipinski definition) is 2. The van der Waals surface area contributed by atoms with Crippen molar-refractivity contribution in [1.29, 1.82) is 0 Å². The Bertz CT molecular complexity index is 537. The minimum absolute atomic E-state index is 0.129. The fraction of sp³-hybridized carbons (Fsp3) is 0.714. The minimum Gasteiger partial charge on any atom is -0.377 e. The number of nitrogens with one attached hydrogen (secondary N) is 2. The van der Waals surface area contributed by atoms with E-state index >= 15 is 0 Å². The average molecular weight is 276 g/mol. The first kappa shape index (κ1) is 12.2. The molecule has 2 aliphatic carbocycles. The summed E-state index contributed by atoms with van der Waals surface area (Å²) in [6.07, 6.45) is 6.76. The molecule has 2 saturated carbocycles. The largest absolute Gasteiger partial charge is 0.377 e. The molecule has 20 heavy (non-hydrogen) atoms. The van der Waals surface area contributed by atoms with E-state index in [2.05, 4.69) is 15.7 Å². The predicted octanol–water partition coefficient (Wildman–Crippen LogP) is 1.50. The molecule has 1 saturated heterocycles. The van der Waals surface area contributed by atoms with Gasteiger partial charge in [-0.05, 0) is 19.3 Å². The number of rotatable bonds is 2. The normalized spacial score (nSPS) is 33.1. The Morgan fingerprint density at radius 1 is 1.55 bits per heavy atom. The number of aromatic nitrogens is 2. The molecule has 1 aromatic rings. The third-order valence-corrected chi connectivity index (χ3v) is 5.39. The SMILES string of the molecule is Cn1nccc1NC(=O)N[C@@H]1[C@@H]2CCO[C@@H]2C12CCC2. The number of fused-ring (bicyclic) bond motifs is 2. The number of carbonyl (C=O) groups excluding carboxylic acids is 1. The molecule has 6 heteroatoms. The predicted molar refractivity (Wildman–Crippen MR) is 73.3 cm³/mol. The summed E-state index contributed by atoms with van der Waals surface area (Å²) in [5.74, 6) is 1.22. The Morgan fingerprint density at radius 2 is 2.40 bits per heavy atom. The average Bonchev–Trinajstić information content (AvgIpc) is 2.93. The smallest absolute Gasteiger partial charge is 0.320 e. The quantitative estimate of drug-likeness (QED) is 0.860. The van der Waals surface area contributed by atoms with E-state index in [-0.39, 0.29) is 17.5 Å². The first-order valence-corrected chi connectivity index (χ1v) is 7.38. The second kappa shape index (κ2) is 4.22. The molecule has 4 rings (SSSR count). The molecule has 1 spiro atoms. The second-order valence-corrected chi connectivity index (χ2v) is 6.25. The van der Waals surface area contributed by atoms with Crippen LogP contribution in [0.5, 0.6) is 0 Å². The van der Waals surface area contributed by atoms with E-state index in [1.807, 2.05) is 7.05 Å². The molecule has 1 aliphatic heterocycles. The Hall–Kier alpha value is -1.56. The van der Waals surface area contributed by atoms with E-state index in [9.17, 15) is 4.79 Å². The monoisotopic (exact) mass is 276 g/mol. The van der Waals surface area contributed by atoms with Crippen molar-refractivity contribution in [2.24, 2.45) is 18.4 Å². The van der Waals surface area contributed by atoms with Gasteiger partial charge in [0.2, 0.25) is 0 Å². The lowest BCUT2D eigenvalue weighted by Crippen LogP contribution is -2.72. The lowest BCUT2D eigenvalue weighted by atomic mass is 9.46. The van der Waals surface area contributed by atoms with Crippen LogP contribution in [0.1, 0.15) is 25.7 Å². The zero-order valence-corrected chi connectivity index (χ0v) is 11.6. The van der Waals surface area contributed by atoms with Gasteiger partial charge in [-0.25, -0.2) is 4.79 Å². The number of urea groups is 1. The molecular weight excluding hydrogens is 256 g/mol. The third kappa shape index (κ3) is 1.54. The number of nitrogens with zero attached hydrogens (tertiary/aromatic N) is 2. The van der Waals surface area contributed by atoms with Crippen molar-refractivity contribution in [3.8, 4) is 0 Å². The van der Waals surface area contributed by atoms with E-state index in [0.717, 1.165) is 13.0 Å². The first-order chi connectivity index (χ1) is 9.71. The summed E-state index contributed by atoms with van der Waals surface area (Å²) in [4.78, 5) is 12.2. The van der Waals surface area contributed by atoms with Crippen molar-refractivity contribution in [2.45, 2.75) is 37.8 Å². The Morgan fingerprint density at radius 3 is 3.05 bits per heavy atom. The minimum atomic E-state index is -0.129. The van der Waals surface area contributed by atoms with Gasteiger partial charge in [-0.1, -0.05) is 6.42 Å². The van der Waals surface area contributed by atoms with Crippen molar-refractivity contribution in [1.82, 2.24) is 15.1 Å². The Balaban J connectivity index is 1.43. The number of hydrogen-bond acceptors (Lipinski definition) is 3. The molecule has 0 aromatic carbocycles. The number of aryl methyl sites for hydroxylation is 1. The van der Waals surface area contributed by atoms with Crippen LogP contribution in [-0.4, -0.2) is 34.6 Å². The van der Waals surface area contributed by atoms with Crippen LogP contribution in [0.2, 0.25) is 0 Å². The van der Waals surface area contributed by atoms with Crippen molar-refractivity contribution in [3.63, 3.8) is 0 Å². The van der Waals surface area contributed by atoms with Crippen LogP contribution in [0.4, 0.5) is 10.6 Å². The highest BCUT2D eigenvalue weighted by atomic mass is 16.5. The van der Waals surface area contributed by atoms with Gasteiger partial charge in [-0.15, -0.1) is 0 Å². The van der Waals surface area contributed by atoms with Crippen molar-refractivity contribution >= 4 is 11.8 Å². The van der Waals surface area contributed by atoms with E-state index < -0.39 is 0 Å². The van der Waals surface area contributed by atoms with Crippen molar-refractivity contribution < 1.29 is 9.53 Å². The van der Waals surface area contributed by atoms with E-state index in [4.69, 9.17) is 4.74 Å². The molecule has 0 bridgehead atoms. The van der Waals surface area contributed by atoms with Gasteiger partial charge in [-0.2, -0.15) is 5.10 Å². The number of carbonyl (C=O) groups is 1. The molecule has 2 amide bonds. The molecule has 3 fully saturated rings. The molecule has 1 aromatic heterocycles. The van der Waals surface area contributed by atoms with Gasteiger partial charge in [-0.3, -0.25) is 10.00 Å². The summed E-state index contributed by atoms with van der Waals surface area (Å²) in [5.41, 5.74) is 0.227. The maximum atomic E-state index is 12.2. The van der Waals surface area contributed by atoms with Crippen LogP contribution >= 0.6 is 0 Å². The van der Waals surface area contributed by atoms with Gasteiger partial charge >= 0.3 is 6.03 Å². The third-order valence-electron chi connectivity index (χ3n) is 5.39. The van der Waals surface area contributed by atoms with Gasteiger partial charge in [0, 0.05) is 37.1 Å². The molecule has 2 heterocycles. The van der Waals surface area contributed by atoms with Crippen LogP contribution in [-0.2, 0) is 11.8 Å². The Labute approximate surface area is 117 Å². The topological polar surface area (TPSA) is 68.2 Å². The molecule has 108 valence electrons. The van der Waals surface area contributed by atoms with Crippen molar-refractivity contribution in [3.05, 3.63) is 12.3 Å². The summed E-state index contributed by atoms with van der Waals surface area (Å²) in [5, 5.41) is 10.1.